The number of morpholine rings is 1. The first kappa shape index (κ1) is 13.2. The molecule has 2 atom stereocenters. The van der Waals surface area contributed by atoms with Gasteiger partial charge in [0.15, 0.2) is 0 Å². The maximum atomic E-state index is 5.44. The molecule has 1 N–H and O–H groups in total. The SMILES string of the molecule is C[C@@H]1COCCN1CC1CCCNC1.Cl. The quantitative estimate of drug-likeness (QED) is 0.776. The fourth-order valence-corrected chi connectivity index (χ4v) is 2.44. The smallest absolute Gasteiger partial charge is 0.0619 e. The Morgan fingerprint density at radius 3 is 3.00 bits per heavy atom. The molecule has 0 aromatic rings. The van der Waals surface area contributed by atoms with Crippen LogP contribution in [-0.4, -0.2) is 50.3 Å². The normalized spacial score (nSPS) is 33.4. The summed E-state index contributed by atoms with van der Waals surface area (Å²) >= 11 is 0. The first-order valence-electron chi connectivity index (χ1n) is 5.89. The van der Waals surface area contributed by atoms with Crippen LogP contribution in [0, 0.1) is 5.92 Å². The number of piperidine rings is 1. The lowest BCUT2D eigenvalue weighted by Gasteiger charge is -2.36. The van der Waals surface area contributed by atoms with Gasteiger partial charge in [-0.25, -0.2) is 0 Å². The number of rotatable bonds is 2. The summed E-state index contributed by atoms with van der Waals surface area (Å²) in [6.45, 7) is 8.93. The third-order valence-electron chi connectivity index (χ3n) is 3.40. The minimum atomic E-state index is 0. The zero-order chi connectivity index (χ0) is 9.80. The molecule has 2 fully saturated rings. The number of nitrogens with zero attached hydrogens (tertiary/aromatic N) is 1. The largest absolute Gasteiger partial charge is 0.379 e. The topological polar surface area (TPSA) is 24.5 Å². The zero-order valence-corrected chi connectivity index (χ0v) is 10.4. The first-order valence-corrected chi connectivity index (χ1v) is 5.89. The molecule has 0 aromatic carbocycles. The van der Waals surface area contributed by atoms with Crippen LogP contribution in [0.25, 0.3) is 0 Å². The van der Waals surface area contributed by atoms with Gasteiger partial charge in [0.2, 0.25) is 0 Å². The van der Waals surface area contributed by atoms with E-state index < -0.39 is 0 Å². The average molecular weight is 235 g/mol. The van der Waals surface area contributed by atoms with Crippen LogP contribution < -0.4 is 5.32 Å². The predicted octanol–water partition coefficient (Wildman–Crippen LogP) is 1.13. The maximum absolute atomic E-state index is 5.44. The lowest BCUT2D eigenvalue weighted by Crippen LogP contribution is -2.47. The summed E-state index contributed by atoms with van der Waals surface area (Å²) in [4.78, 5) is 2.58. The molecule has 2 rings (SSSR count). The van der Waals surface area contributed by atoms with Gasteiger partial charge in [0.05, 0.1) is 13.2 Å². The minimum Gasteiger partial charge on any atom is -0.379 e. The van der Waals surface area contributed by atoms with Gasteiger partial charge in [0, 0.05) is 19.1 Å². The van der Waals surface area contributed by atoms with E-state index in [0.717, 1.165) is 25.7 Å². The molecule has 3 nitrogen and oxygen atoms in total. The summed E-state index contributed by atoms with van der Waals surface area (Å²) in [6.07, 6.45) is 2.75. The Hall–Kier alpha value is 0.170. The molecule has 2 heterocycles. The van der Waals surface area contributed by atoms with Crippen molar-refractivity contribution in [2.24, 2.45) is 5.92 Å². The van der Waals surface area contributed by atoms with E-state index in [0.29, 0.717) is 6.04 Å². The van der Waals surface area contributed by atoms with Crippen molar-refractivity contribution in [3.05, 3.63) is 0 Å². The van der Waals surface area contributed by atoms with Crippen molar-refractivity contribution in [3.8, 4) is 0 Å². The molecule has 0 bridgehead atoms. The summed E-state index contributed by atoms with van der Waals surface area (Å²) in [5.74, 6) is 0.865. The van der Waals surface area contributed by atoms with Crippen LogP contribution in [0.2, 0.25) is 0 Å². The van der Waals surface area contributed by atoms with Crippen LogP contribution in [-0.2, 0) is 4.74 Å². The van der Waals surface area contributed by atoms with Crippen LogP contribution in [0.5, 0.6) is 0 Å². The maximum Gasteiger partial charge on any atom is 0.0619 e. The molecule has 0 amide bonds. The zero-order valence-electron chi connectivity index (χ0n) is 9.58. The van der Waals surface area contributed by atoms with Gasteiger partial charge in [-0.3, -0.25) is 4.90 Å². The summed E-state index contributed by atoms with van der Waals surface area (Å²) in [6, 6.07) is 0.616. The van der Waals surface area contributed by atoms with Crippen molar-refractivity contribution in [1.29, 1.82) is 0 Å². The highest BCUT2D eigenvalue weighted by Crippen LogP contribution is 2.15. The van der Waals surface area contributed by atoms with Crippen LogP contribution >= 0.6 is 12.4 Å². The molecule has 0 radical (unpaired) electrons. The Labute approximate surface area is 99.0 Å². The van der Waals surface area contributed by atoms with E-state index in [-0.39, 0.29) is 12.4 Å². The summed E-state index contributed by atoms with van der Waals surface area (Å²) in [7, 11) is 0. The number of hydrogen-bond acceptors (Lipinski definition) is 3. The Morgan fingerprint density at radius 2 is 2.33 bits per heavy atom. The number of nitrogens with one attached hydrogen (secondary N) is 1. The molecule has 2 aliphatic rings. The van der Waals surface area contributed by atoms with Crippen LogP contribution in [0.1, 0.15) is 19.8 Å². The second-order valence-corrected chi connectivity index (χ2v) is 4.63. The molecule has 90 valence electrons. The highest BCUT2D eigenvalue weighted by Gasteiger charge is 2.22. The summed E-state index contributed by atoms with van der Waals surface area (Å²) < 4.78 is 5.44. The van der Waals surface area contributed by atoms with E-state index in [1.165, 1.54) is 32.5 Å². The molecule has 0 saturated carbocycles. The second kappa shape index (κ2) is 6.69. The van der Waals surface area contributed by atoms with E-state index in [2.05, 4.69) is 17.1 Å². The molecule has 2 aliphatic heterocycles. The van der Waals surface area contributed by atoms with Crippen molar-refractivity contribution in [3.63, 3.8) is 0 Å². The average Bonchev–Trinajstić information content (AvgIpc) is 2.23. The fraction of sp³-hybridized carbons (Fsp3) is 1.00. The van der Waals surface area contributed by atoms with Crippen molar-refractivity contribution in [1.82, 2.24) is 10.2 Å². The standard InChI is InChI=1S/C11H22N2O.ClH/c1-10-9-14-6-5-13(10)8-11-3-2-4-12-7-11;/h10-12H,2-9H2,1H3;1H/t10-,11?;/m1./s1. The van der Waals surface area contributed by atoms with Gasteiger partial charge in [-0.2, -0.15) is 0 Å². The van der Waals surface area contributed by atoms with Gasteiger partial charge in [0.25, 0.3) is 0 Å². The Kier molecular flexibility index (Phi) is 5.90. The van der Waals surface area contributed by atoms with Gasteiger partial charge in [-0.05, 0) is 38.8 Å². The van der Waals surface area contributed by atoms with Gasteiger partial charge in [-0.15, -0.1) is 12.4 Å². The third-order valence-corrected chi connectivity index (χ3v) is 3.40. The molecule has 1 unspecified atom stereocenters. The lowest BCUT2D eigenvalue weighted by atomic mass is 9.98. The van der Waals surface area contributed by atoms with Crippen LogP contribution in [0.4, 0.5) is 0 Å². The van der Waals surface area contributed by atoms with Gasteiger partial charge in [0.1, 0.15) is 0 Å². The van der Waals surface area contributed by atoms with E-state index in [4.69, 9.17) is 4.74 Å². The molecule has 0 aromatic heterocycles. The Balaban J connectivity index is 0.00000112. The van der Waals surface area contributed by atoms with Crippen LogP contribution in [0.3, 0.4) is 0 Å². The molecule has 0 aliphatic carbocycles. The van der Waals surface area contributed by atoms with Crippen molar-refractivity contribution < 1.29 is 4.74 Å². The van der Waals surface area contributed by atoms with Crippen molar-refractivity contribution in [2.75, 3.05) is 39.4 Å². The molecular weight excluding hydrogens is 212 g/mol. The third kappa shape index (κ3) is 3.91. The van der Waals surface area contributed by atoms with E-state index in [1.807, 2.05) is 0 Å². The van der Waals surface area contributed by atoms with Crippen molar-refractivity contribution in [2.45, 2.75) is 25.8 Å². The molecule has 2 saturated heterocycles. The van der Waals surface area contributed by atoms with Crippen molar-refractivity contribution >= 4 is 12.4 Å². The summed E-state index contributed by atoms with van der Waals surface area (Å²) in [5.41, 5.74) is 0. The first-order chi connectivity index (χ1) is 6.86. The Bertz CT molecular complexity index is 174. The van der Waals surface area contributed by atoms with Crippen LogP contribution in [0.15, 0.2) is 0 Å². The molecule has 15 heavy (non-hydrogen) atoms. The highest BCUT2D eigenvalue weighted by molar-refractivity contribution is 5.85. The van der Waals surface area contributed by atoms with E-state index >= 15 is 0 Å². The predicted molar refractivity (Wildman–Crippen MR) is 64.7 cm³/mol. The monoisotopic (exact) mass is 234 g/mol. The van der Waals surface area contributed by atoms with Gasteiger partial charge in [-0.1, -0.05) is 0 Å². The second-order valence-electron chi connectivity index (χ2n) is 4.63. The number of hydrogen-bond donors (Lipinski definition) is 1. The Morgan fingerprint density at radius 1 is 1.47 bits per heavy atom. The number of ether oxygens (including phenoxy) is 1. The summed E-state index contributed by atoms with van der Waals surface area (Å²) in [5, 5.41) is 3.48. The van der Waals surface area contributed by atoms with E-state index in [1.54, 1.807) is 0 Å². The highest BCUT2D eigenvalue weighted by atomic mass is 35.5. The van der Waals surface area contributed by atoms with Gasteiger partial charge < -0.3 is 10.1 Å². The molecular formula is C11H23ClN2O. The molecule has 4 heteroatoms. The minimum absolute atomic E-state index is 0. The lowest BCUT2D eigenvalue weighted by molar-refractivity contribution is -0.00866. The molecule has 0 spiro atoms. The van der Waals surface area contributed by atoms with Gasteiger partial charge >= 0.3 is 0 Å². The fourth-order valence-electron chi connectivity index (χ4n) is 2.44. The number of halogens is 1. The van der Waals surface area contributed by atoms with E-state index in [9.17, 15) is 0 Å².